The highest BCUT2D eigenvalue weighted by atomic mass is 35.5. The lowest BCUT2D eigenvalue weighted by atomic mass is 10.3. The Hall–Kier alpha value is -1.87. The van der Waals surface area contributed by atoms with Crippen LogP contribution < -0.4 is 9.47 Å². The minimum Gasteiger partial charge on any atom is -0.482 e. The largest absolute Gasteiger partial charge is 0.482 e. The number of ether oxygens (including phenoxy) is 2. The number of hydrogen-bond acceptors (Lipinski definition) is 5. The molecule has 0 bridgehead atoms. The van der Waals surface area contributed by atoms with E-state index in [1.165, 1.54) is 6.20 Å². The lowest BCUT2D eigenvalue weighted by Gasteiger charge is -2.13. The average molecular weight is 382 g/mol. The summed E-state index contributed by atoms with van der Waals surface area (Å²) in [6.45, 7) is 1.67. The lowest BCUT2D eigenvalue weighted by Crippen LogP contribution is -2.21. The zero-order valence-corrected chi connectivity index (χ0v) is 15.0. The zero-order chi connectivity index (χ0) is 17.5. The number of aromatic nitrogens is 1. The summed E-state index contributed by atoms with van der Waals surface area (Å²) in [5.74, 6) is 4.05. The van der Waals surface area contributed by atoms with E-state index in [1.54, 1.807) is 37.3 Å². The summed E-state index contributed by atoms with van der Waals surface area (Å²) in [6, 6.07) is 8.30. The average Bonchev–Trinajstić information content (AvgIpc) is 2.56. The van der Waals surface area contributed by atoms with Gasteiger partial charge in [0.15, 0.2) is 6.10 Å². The Balaban J connectivity index is 1.98. The van der Waals surface area contributed by atoms with Crippen LogP contribution in [-0.2, 0) is 4.79 Å². The van der Waals surface area contributed by atoms with Crippen LogP contribution in [0.4, 0.5) is 0 Å². The number of rotatable bonds is 6. The van der Waals surface area contributed by atoms with Gasteiger partial charge in [0.05, 0.1) is 10.8 Å². The minimum absolute atomic E-state index is 0.120. The predicted molar refractivity (Wildman–Crippen MR) is 97.2 cm³/mol. The van der Waals surface area contributed by atoms with Gasteiger partial charge in [0.25, 0.3) is 0 Å². The molecular weight excluding hydrogens is 369 g/mol. The van der Waals surface area contributed by atoms with Crippen LogP contribution in [0.1, 0.15) is 6.92 Å². The Labute approximate surface area is 154 Å². The molecule has 7 heteroatoms. The molecule has 24 heavy (non-hydrogen) atoms. The number of benzene rings is 1. The van der Waals surface area contributed by atoms with E-state index in [2.05, 4.69) is 10.9 Å². The molecular formula is C17H13Cl2NO3S. The van der Waals surface area contributed by atoms with Crippen molar-refractivity contribution in [2.45, 2.75) is 13.0 Å². The van der Waals surface area contributed by atoms with Crippen molar-refractivity contribution in [3.05, 3.63) is 46.6 Å². The molecule has 0 N–H and O–H groups in total. The number of halogens is 2. The van der Waals surface area contributed by atoms with Gasteiger partial charge in [0.1, 0.15) is 16.5 Å². The van der Waals surface area contributed by atoms with Crippen LogP contribution in [0.3, 0.4) is 0 Å². The quantitative estimate of drug-likeness (QED) is 0.669. The second-order valence-corrected chi connectivity index (χ2v) is 6.41. The van der Waals surface area contributed by atoms with Gasteiger partial charge in [-0.3, -0.25) is 4.79 Å². The van der Waals surface area contributed by atoms with Gasteiger partial charge in [0, 0.05) is 6.20 Å². The third-order valence-corrected chi connectivity index (χ3v) is 4.16. The molecule has 0 fully saturated rings. The molecule has 2 rings (SSSR count). The zero-order valence-electron chi connectivity index (χ0n) is 12.7. The van der Waals surface area contributed by atoms with Crippen molar-refractivity contribution >= 4 is 40.1 Å². The summed E-state index contributed by atoms with van der Waals surface area (Å²) in [6.07, 6.45) is 5.98. The highest BCUT2D eigenvalue weighted by Gasteiger charge is 2.15. The first-order valence-corrected chi connectivity index (χ1v) is 8.59. The molecule has 0 aliphatic heterocycles. The van der Waals surface area contributed by atoms with Crippen molar-refractivity contribution in [1.82, 2.24) is 4.98 Å². The first-order valence-electron chi connectivity index (χ1n) is 6.85. The molecule has 1 heterocycles. The Morgan fingerprint density at radius 3 is 2.62 bits per heavy atom. The minimum atomic E-state index is -0.595. The van der Waals surface area contributed by atoms with Crippen LogP contribution in [0.25, 0.3) is 0 Å². The maximum atomic E-state index is 11.8. The molecule has 0 aliphatic carbocycles. The van der Waals surface area contributed by atoms with Crippen molar-refractivity contribution < 1.29 is 14.3 Å². The third-order valence-electron chi connectivity index (χ3n) is 2.75. The second-order valence-electron chi connectivity index (χ2n) is 4.59. The van der Waals surface area contributed by atoms with Crippen LogP contribution in [-0.4, -0.2) is 22.0 Å². The van der Waals surface area contributed by atoms with E-state index in [0.717, 1.165) is 11.8 Å². The van der Waals surface area contributed by atoms with Crippen LogP contribution in [0.15, 0.2) is 36.5 Å². The maximum Gasteiger partial charge on any atom is 0.238 e. The molecule has 1 aromatic heterocycles. The Bertz CT molecular complexity index is 759. The molecule has 0 spiro atoms. The number of carbonyl (C=O) groups is 1. The number of thioether (sulfide) groups is 1. The molecule has 0 aliphatic rings. The van der Waals surface area contributed by atoms with Crippen molar-refractivity contribution in [2.75, 3.05) is 5.75 Å². The number of terminal acetylenes is 1. The van der Waals surface area contributed by atoms with E-state index < -0.39 is 6.10 Å². The van der Waals surface area contributed by atoms with Gasteiger partial charge in [0.2, 0.25) is 11.0 Å². The normalized spacial score (nSPS) is 11.4. The Kier molecular flexibility index (Phi) is 6.80. The van der Waals surface area contributed by atoms with E-state index >= 15 is 0 Å². The molecule has 124 valence electrons. The van der Waals surface area contributed by atoms with Crippen molar-refractivity contribution in [2.24, 2.45) is 0 Å². The van der Waals surface area contributed by atoms with E-state index in [9.17, 15) is 4.79 Å². The summed E-state index contributed by atoms with van der Waals surface area (Å²) in [5, 5.41) is 0.621. The molecule has 2 aromatic rings. The fourth-order valence-electron chi connectivity index (χ4n) is 1.66. The van der Waals surface area contributed by atoms with Crippen molar-refractivity contribution in [3.8, 4) is 29.7 Å². The number of pyridine rings is 1. The smallest absolute Gasteiger partial charge is 0.238 e. The summed E-state index contributed by atoms with van der Waals surface area (Å²) in [7, 11) is 0. The number of nitrogens with zero attached hydrogens (tertiary/aromatic N) is 1. The summed E-state index contributed by atoms with van der Waals surface area (Å²) in [5.41, 5.74) is 0. The Morgan fingerprint density at radius 1 is 1.33 bits per heavy atom. The van der Waals surface area contributed by atoms with Crippen LogP contribution in [0.2, 0.25) is 10.0 Å². The number of carbonyl (C=O) groups excluding carboxylic acids is 1. The standard InChI is InChI=1S/C17H13Cl2NO3S/c1-3-8-24-17(21)11(2)22-13-4-6-14(7-5-13)23-16-15(19)9-12(18)10-20-16/h1,4-7,9-11H,8H2,2H3. The Morgan fingerprint density at radius 2 is 2.00 bits per heavy atom. The highest BCUT2D eigenvalue weighted by molar-refractivity contribution is 8.13. The molecule has 1 atom stereocenters. The summed E-state index contributed by atoms with van der Waals surface area (Å²) in [4.78, 5) is 15.8. The molecule has 0 saturated heterocycles. The molecule has 0 radical (unpaired) electrons. The molecule has 4 nitrogen and oxygen atoms in total. The first-order chi connectivity index (χ1) is 11.5. The molecule has 0 saturated carbocycles. The molecule has 1 unspecified atom stereocenters. The fourth-order valence-corrected chi connectivity index (χ4v) is 2.58. The van der Waals surface area contributed by atoms with E-state index in [-0.39, 0.29) is 11.0 Å². The predicted octanol–water partition coefficient (Wildman–Crippen LogP) is 4.84. The van der Waals surface area contributed by atoms with Gasteiger partial charge in [-0.2, -0.15) is 0 Å². The molecule has 0 amide bonds. The van der Waals surface area contributed by atoms with Gasteiger partial charge in [-0.05, 0) is 37.3 Å². The van der Waals surface area contributed by atoms with Gasteiger partial charge < -0.3 is 9.47 Å². The number of hydrogen-bond donors (Lipinski definition) is 0. The van der Waals surface area contributed by atoms with Gasteiger partial charge >= 0.3 is 0 Å². The van der Waals surface area contributed by atoms with Gasteiger partial charge in [-0.15, -0.1) is 6.42 Å². The molecule has 1 aromatic carbocycles. The van der Waals surface area contributed by atoms with E-state index in [4.69, 9.17) is 39.1 Å². The van der Waals surface area contributed by atoms with Crippen molar-refractivity contribution in [1.29, 1.82) is 0 Å². The summed E-state index contributed by atoms with van der Waals surface area (Å²) < 4.78 is 11.1. The third kappa shape index (κ3) is 5.34. The van der Waals surface area contributed by atoms with Crippen molar-refractivity contribution in [3.63, 3.8) is 0 Å². The highest BCUT2D eigenvalue weighted by Crippen LogP contribution is 2.30. The van der Waals surface area contributed by atoms with Gasteiger partial charge in [-0.25, -0.2) is 4.98 Å². The summed E-state index contributed by atoms with van der Waals surface area (Å²) >= 11 is 12.8. The SMILES string of the molecule is C#CCSC(=O)C(C)Oc1ccc(Oc2ncc(Cl)cc2Cl)cc1. The topological polar surface area (TPSA) is 48.4 Å². The fraction of sp³-hybridized carbons (Fsp3) is 0.176. The monoisotopic (exact) mass is 381 g/mol. The van der Waals surface area contributed by atoms with Crippen LogP contribution in [0.5, 0.6) is 17.4 Å². The lowest BCUT2D eigenvalue weighted by molar-refractivity contribution is -0.116. The maximum absolute atomic E-state index is 11.8. The second kappa shape index (κ2) is 8.84. The van der Waals surface area contributed by atoms with E-state index in [0.29, 0.717) is 27.3 Å². The first kappa shape index (κ1) is 18.5. The van der Waals surface area contributed by atoms with Crippen LogP contribution >= 0.6 is 35.0 Å². The van der Waals surface area contributed by atoms with E-state index in [1.807, 2.05) is 0 Å². The van der Waals surface area contributed by atoms with Gasteiger partial charge in [-0.1, -0.05) is 40.9 Å². The van der Waals surface area contributed by atoms with Crippen LogP contribution in [0, 0.1) is 12.3 Å².